The van der Waals surface area contributed by atoms with Gasteiger partial charge < -0.3 is 15.5 Å². The fourth-order valence-corrected chi connectivity index (χ4v) is 3.41. The monoisotopic (exact) mass is 452 g/mol. The fourth-order valence-electron chi connectivity index (χ4n) is 2.03. The largest absolute Gasteiger partial charge is 0.426 e. The van der Waals surface area contributed by atoms with Gasteiger partial charge in [0.2, 0.25) is 5.60 Å². The molecule has 0 aliphatic rings. The van der Waals surface area contributed by atoms with E-state index in [0.29, 0.717) is 5.56 Å². The van der Waals surface area contributed by atoms with Crippen molar-refractivity contribution in [1.82, 2.24) is 0 Å². The molecular weight excluding hydrogens is 437 g/mol. The highest BCUT2D eigenvalue weighted by Gasteiger charge is 2.55. The van der Waals surface area contributed by atoms with Crippen molar-refractivity contribution in [3.05, 3.63) is 53.1 Å². The summed E-state index contributed by atoms with van der Waals surface area (Å²) < 4.78 is 65.3. The number of alkyl halides is 3. The highest BCUT2D eigenvalue weighted by Crippen LogP contribution is 2.33. The molecule has 0 spiro atoms. The van der Waals surface area contributed by atoms with Crippen LogP contribution in [0.5, 0.6) is 0 Å². The summed E-state index contributed by atoms with van der Waals surface area (Å²) in [5, 5.41) is 19.8. The number of halogens is 4. The van der Waals surface area contributed by atoms with E-state index in [4.69, 9.17) is 16.7 Å². The lowest BCUT2D eigenvalue weighted by Crippen LogP contribution is -2.52. The number of carbonyl (C=O) groups is 1. The van der Waals surface area contributed by atoms with Crippen molar-refractivity contribution in [1.29, 1.82) is 0 Å². The molecule has 0 saturated heterocycles. The Hall–Kier alpha value is -2.34. The van der Waals surface area contributed by atoms with Crippen LogP contribution in [0.2, 0.25) is 5.02 Å². The minimum atomic E-state index is -5.22. The van der Waals surface area contributed by atoms with Crippen molar-refractivity contribution in [2.24, 2.45) is 0 Å². The molecule has 29 heavy (non-hydrogen) atoms. The molecule has 0 heterocycles. The first kappa shape index (κ1) is 22.9. The van der Waals surface area contributed by atoms with Gasteiger partial charge in [-0.3, -0.25) is 9.52 Å². The van der Waals surface area contributed by atoms with Crippen LogP contribution in [0, 0.1) is 0 Å². The van der Waals surface area contributed by atoms with E-state index in [0.717, 1.165) is 18.2 Å². The quantitative estimate of drug-likeness (QED) is 0.538. The molecule has 2 rings (SSSR count). The first-order valence-corrected chi connectivity index (χ1v) is 9.77. The Kier molecular flexibility index (Phi) is 6.48. The van der Waals surface area contributed by atoms with Crippen LogP contribution in [-0.2, 0) is 21.4 Å². The molecule has 0 aliphatic carbocycles. The predicted octanol–water partition coefficient (Wildman–Crippen LogP) is 2.88. The summed E-state index contributed by atoms with van der Waals surface area (Å²) in [6.07, 6.45) is -5.22. The van der Waals surface area contributed by atoms with E-state index in [-0.39, 0.29) is 34.8 Å². The molecule has 12 heteroatoms. The maximum atomic E-state index is 12.7. The minimum absolute atomic E-state index is 0.205. The summed E-state index contributed by atoms with van der Waals surface area (Å²) in [4.78, 5) is 11.4. The van der Waals surface area contributed by atoms with Crippen LogP contribution in [0.1, 0.15) is 12.5 Å². The number of hydrogen-bond donors (Lipinski definition) is 4. The number of hydrogen-bond acceptors (Lipinski definition) is 5. The number of sulfonamides is 1. The zero-order valence-electron chi connectivity index (χ0n) is 14.8. The summed E-state index contributed by atoms with van der Waals surface area (Å²) in [6.45, 7) is 0.0676. The summed E-state index contributed by atoms with van der Waals surface area (Å²) in [5.74, 6) is -1.77. The van der Waals surface area contributed by atoms with Crippen molar-refractivity contribution in [2.75, 3.05) is 10.0 Å². The zero-order chi connectivity index (χ0) is 22.0. The van der Waals surface area contributed by atoms with E-state index in [1.165, 1.54) is 24.3 Å². The summed E-state index contributed by atoms with van der Waals surface area (Å²) in [5.41, 5.74) is -3.20. The number of nitrogens with one attached hydrogen (secondary N) is 2. The standard InChI is InChI=1S/C17H16ClF3N2O5S/c1-16(26,17(19,20)21)15(25)22-14-7-6-12(8-13(14)18)29(27,28)23-11-4-2-10(9-24)3-5-11/h2-8,23-24,26H,9H2,1H3,(H,22,25). The van der Waals surface area contributed by atoms with Gasteiger partial charge in [0.05, 0.1) is 22.2 Å². The molecular formula is C17H16ClF3N2O5S. The second-order valence-corrected chi connectivity index (χ2v) is 8.22. The number of anilines is 2. The third kappa shape index (κ3) is 5.18. The maximum absolute atomic E-state index is 12.7. The highest BCUT2D eigenvalue weighted by molar-refractivity contribution is 7.92. The van der Waals surface area contributed by atoms with E-state index < -0.39 is 27.7 Å². The summed E-state index contributed by atoms with van der Waals surface area (Å²) in [7, 11) is -4.09. The molecule has 0 fully saturated rings. The average Bonchev–Trinajstić information content (AvgIpc) is 2.62. The Morgan fingerprint density at radius 3 is 2.21 bits per heavy atom. The van der Waals surface area contributed by atoms with Crippen molar-refractivity contribution in [3.63, 3.8) is 0 Å². The molecule has 7 nitrogen and oxygen atoms in total. The first-order chi connectivity index (χ1) is 13.3. The van der Waals surface area contributed by atoms with E-state index in [2.05, 4.69) is 4.72 Å². The summed E-state index contributed by atoms with van der Waals surface area (Å²) in [6, 6.07) is 8.83. The van der Waals surface area contributed by atoms with Crippen LogP contribution in [0.15, 0.2) is 47.4 Å². The van der Waals surface area contributed by atoms with E-state index in [1.807, 2.05) is 5.32 Å². The van der Waals surface area contributed by atoms with Gasteiger partial charge in [-0.25, -0.2) is 8.42 Å². The van der Waals surface area contributed by atoms with Crippen molar-refractivity contribution in [3.8, 4) is 0 Å². The fraction of sp³-hybridized carbons (Fsp3) is 0.235. The predicted molar refractivity (Wildman–Crippen MR) is 99.9 cm³/mol. The van der Waals surface area contributed by atoms with Gasteiger partial charge in [0, 0.05) is 5.69 Å². The minimum Gasteiger partial charge on any atom is -0.392 e. The zero-order valence-corrected chi connectivity index (χ0v) is 16.4. The Balaban J connectivity index is 2.22. The smallest absolute Gasteiger partial charge is 0.392 e. The maximum Gasteiger partial charge on any atom is 0.426 e. The van der Waals surface area contributed by atoms with Crippen molar-refractivity contribution >= 4 is 38.9 Å². The topological polar surface area (TPSA) is 116 Å². The van der Waals surface area contributed by atoms with Gasteiger partial charge >= 0.3 is 6.18 Å². The molecule has 1 amide bonds. The third-order valence-electron chi connectivity index (χ3n) is 3.88. The van der Waals surface area contributed by atoms with E-state index in [1.54, 1.807) is 0 Å². The number of amides is 1. The van der Waals surface area contributed by atoms with E-state index in [9.17, 15) is 31.5 Å². The third-order valence-corrected chi connectivity index (χ3v) is 5.57. The number of benzene rings is 2. The van der Waals surface area contributed by atoms with Crippen LogP contribution < -0.4 is 10.0 Å². The molecule has 1 unspecified atom stereocenters. The second kappa shape index (κ2) is 8.19. The van der Waals surface area contributed by atoms with Crippen LogP contribution in [0.25, 0.3) is 0 Å². The van der Waals surface area contributed by atoms with Crippen LogP contribution in [-0.4, -0.2) is 36.3 Å². The lowest BCUT2D eigenvalue weighted by atomic mass is 10.1. The number of rotatable bonds is 6. The Labute approximate surface area is 169 Å². The van der Waals surface area contributed by atoms with Crippen LogP contribution in [0.3, 0.4) is 0 Å². The highest BCUT2D eigenvalue weighted by atomic mass is 35.5. The lowest BCUT2D eigenvalue weighted by molar-refractivity contribution is -0.242. The molecule has 2 aromatic carbocycles. The van der Waals surface area contributed by atoms with Gasteiger partial charge in [-0.15, -0.1) is 0 Å². The molecule has 4 N–H and O–H groups in total. The van der Waals surface area contributed by atoms with Gasteiger partial charge in [0.25, 0.3) is 15.9 Å². The molecule has 2 aromatic rings. The molecule has 0 aliphatic heterocycles. The normalized spacial score (nSPS) is 14.2. The van der Waals surface area contributed by atoms with Crippen molar-refractivity contribution in [2.45, 2.75) is 30.2 Å². The van der Waals surface area contributed by atoms with Gasteiger partial charge in [0.15, 0.2) is 0 Å². The number of aliphatic hydroxyl groups is 2. The van der Waals surface area contributed by atoms with E-state index >= 15 is 0 Å². The van der Waals surface area contributed by atoms with Crippen LogP contribution in [0.4, 0.5) is 24.5 Å². The van der Waals surface area contributed by atoms with Gasteiger partial charge in [-0.1, -0.05) is 23.7 Å². The number of aliphatic hydroxyl groups excluding tert-OH is 1. The molecule has 158 valence electrons. The Morgan fingerprint density at radius 1 is 1.14 bits per heavy atom. The molecule has 0 radical (unpaired) electrons. The second-order valence-electron chi connectivity index (χ2n) is 6.13. The van der Waals surface area contributed by atoms with Gasteiger partial charge in [-0.05, 0) is 42.8 Å². The van der Waals surface area contributed by atoms with Crippen LogP contribution >= 0.6 is 11.6 Å². The Morgan fingerprint density at radius 2 is 1.72 bits per heavy atom. The van der Waals surface area contributed by atoms with Gasteiger partial charge in [-0.2, -0.15) is 13.2 Å². The first-order valence-electron chi connectivity index (χ1n) is 7.90. The van der Waals surface area contributed by atoms with Gasteiger partial charge in [0.1, 0.15) is 0 Å². The molecule has 0 aromatic heterocycles. The SMILES string of the molecule is CC(O)(C(=O)Nc1ccc(S(=O)(=O)Nc2ccc(CO)cc2)cc1Cl)C(F)(F)F. The molecule has 0 bridgehead atoms. The summed E-state index contributed by atoms with van der Waals surface area (Å²) >= 11 is 5.89. The molecule has 0 saturated carbocycles. The lowest BCUT2D eigenvalue weighted by Gasteiger charge is -2.25. The average molecular weight is 453 g/mol. The molecule has 1 atom stereocenters. The Bertz CT molecular complexity index is 1010. The van der Waals surface area contributed by atoms with Crippen molar-refractivity contribution < 1.29 is 36.6 Å². The number of carbonyl (C=O) groups excluding carboxylic acids is 1.